The first-order valence-electron chi connectivity index (χ1n) is 28.4. The zero-order chi connectivity index (χ0) is 55.6. The monoisotopic (exact) mass is 1090 g/mol. The van der Waals surface area contributed by atoms with Crippen molar-refractivity contribution in [3.63, 3.8) is 0 Å². The minimum atomic E-state index is -1.10. The maximum atomic E-state index is 13.8. The molecule has 2 saturated heterocycles. The fourth-order valence-corrected chi connectivity index (χ4v) is 11.7. The van der Waals surface area contributed by atoms with E-state index in [1.165, 1.54) is 4.90 Å². The molecule has 4 bridgehead atoms. The largest absolute Gasteiger partial charge is 0.497 e. The van der Waals surface area contributed by atoms with Gasteiger partial charge in [0.05, 0.1) is 74.1 Å². The Morgan fingerprint density at radius 1 is 0.582 bits per heavy atom. The molecule has 0 radical (unpaired) electrons. The number of aliphatic carboxylic acids is 1. The van der Waals surface area contributed by atoms with Crippen LogP contribution in [0.3, 0.4) is 0 Å². The summed E-state index contributed by atoms with van der Waals surface area (Å²) in [6.07, 6.45) is 11.3. The van der Waals surface area contributed by atoms with E-state index in [2.05, 4.69) is 6.92 Å². The highest BCUT2D eigenvalue weighted by Crippen LogP contribution is 2.43. The van der Waals surface area contributed by atoms with Gasteiger partial charge >= 0.3 is 17.9 Å². The van der Waals surface area contributed by atoms with Crippen molar-refractivity contribution >= 4 is 51.8 Å². The van der Waals surface area contributed by atoms with Gasteiger partial charge in [-0.25, -0.2) is 24.7 Å². The third-order valence-electron chi connectivity index (χ3n) is 16.7. The van der Waals surface area contributed by atoms with Crippen LogP contribution in [0, 0.1) is 34.5 Å². The van der Waals surface area contributed by atoms with Gasteiger partial charge in [-0.1, -0.05) is 74.7 Å². The van der Waals surface area contributed by atoms with Crippen LogP contribution >= 0.6 is 0 Å². The second-order valence-electron chi connectivity index (χ2n) is 24.8. The van der Waals surface area contributed by atoms with Gasteiger partial charge in [-0.2, -0.15) is 0 Å². The Labute approximate surface area is 465 Å². The lowest BCUT2D eigenvalue weighted by molar-refractivity contribution is -0.156. The van der Waals surface area contributed by atoms with Crippen molar-refractivity contribution in [1.82, 2.24) is 29.7 Å². The molecule has 6 aliphatic rings. The van der Waals surface area contributed by atoms with Crippen molar-refractivity contribution in [2.75, 3.05) is 27.3 Å². The minimum absolute atomic E-state index is 0. The number of fused-ring (bicyclic) bond motifs is 10. The van der Waals surface area contributed by atoms with Crippen molar-refractivity contribution in [2.45, 2.75) is 195 Å². The number of nitrogens with zero attached hydrogens (tertiary/aromatic N) is 6. The fraction of sp³-hybridized carbons (Fsp3) is 0.656. The molecule has 4 aromatic rings. The van der Waals surface area contributed by atoms with E-state index < -0.39 is 41.3 Å². The Bertz CT molecular complexity index is 2870. The third kappa shape index (κ3) is 14.4. The van der Waals surface area contributed by atoms with E-state index in [-0.39, 0.29) is 80.8 Å². The standard InChI is InChI=1S/C30H39N3O7.C30H41N3O5.CH4/c1-30(2,3)20-15-26(34)40-25-12-17(25)8-6-5-7-9-22-27(32-23-13-18(38-4)10-11-21(23)31-22)39-19-14-24(29(36)37)33(16-19)28(20)35;1-18-13-21-17-33(18)29(35)22(30(2,3)4)16-27(34)38-26-14-19(26)9-7-6-8-10-24-28(37-21)32-25-15-20(36-5)11-12-23(25)31-24;/h10-11,13,17,19-20,24-25H,5-9,12,14-16H2,1-4H3,(H,36,37);11-12,15,18-19,21-22,26H,6-10,13-14,16-17H2,1-5H3;1H4/t17-,19-,20-,24+,25-;18-,19-,21-,22-,26-;/m11./s1. The highest BCUT2D eigenvalue weighted by molar-refractivity contribution is 5.89. The van der Waals surface area contributed by atoms with Crippen LogP contribution in [-0.2, 0) is 46.3 Å². The third-order valence-corrected chi connectivity index (χ3v) is 16.7. The SMILES string of the molecule is C.COc1ccc2nc3c(nc2c1)O[C@@H]1C[C@@H](C(=O)O)N(C1)C(=O)[C@H](C(C)(C)C)CC(=O)O[C@@H]1C[C@H]1CCCCC3.COc1ccc2nc3c(nc2c1)O[C@@H]1C[C@@H](C)N(C1)C(=O)[C@H](C(C)(C)C)CC(=O)O[C@@H]1C[C@H]1CCCCC3. The number of esters is 2. The Hall–Kier alpha value is -6.33. The minimum Gasteiger partial charge on any atom is -0.497 e. The van der Waals surface area contributed by atoms with Gasteiger partial charge in [-0.05, 0) is 105 Å². The zero-order valence-corrected chi connectivity index (χ0v) is 47.1. The molecule has 2 aliphatic carbocycles. The van der Waals surface area contributed by atoms with Crippen molar-refractivity contribution in [2.24, 2.45) is 34.5 Å². The summed E-state index contributed by atoms with van der Waals surface area (Å²) in [5.41, 5.74) is 3.55. The van der Waals surface area contributed by atoms with Crippen molar-refractivity contribution in [1.29, 1.82) is 0 Å². The number of methoxy groups -OCH3 is 2. The maximum absolute atomic E-state index is 13.8. The van der Waals surface area contributed by atoms with E-state index in [4.69, 9.17) is 48.4 Å². The van der Waals surface area contributed by atoms with Crippen LogP contribution in [0.5, 0.6) is 23.3 Å². The number of rotatable bonds is 3. The molecule has 430 valence electrons. The zero-order valence-electron chi connectivity index (χ0n) is 47.1. The molecule has 4 fully saturated rings. The number of hydrogen-bond donors (Lipinski definition) is 1. The number of carbonyl (C=O) groups excluding carboxylic acids is 4. The number of benzene rings is 2. The lowest BCUT2D eigenvalue weighted by atomic mass is 9.77. The molecular formula is C61H84N6O12. The quantitative estimate of drug-likeness (QED) is 0.189. The predicted octanol–water partition coefficient (Wildman–Crippen LogP) is 9.92. The predicted molar refractivity (Wildman–Crippen MR) is 297 cm³/mol. The normalized spacial score (nSPS) is 28.1. The summed E-state index contributed by atoms with van der Waals surface area (Å²) in [6, 6.07) is 10.2. The van der Waals surface area contributed by atoms with Gasteiger partial charge in [0.15, 0.2) is 0 Å². The topological polar surface area (TPSA) is 219 Å². The molecule has 10 atom stereocenters. The average Bonchev–Trinajstić information content (AvgIpc) is 4.23. The van der Waals surface area contributed by atoms with E-state index >= 15 is 0 Å². The number of carboxylic acid groups (broad SMARTS) is 1. The molecule has 18 heteroatoms. The second kappa shape index (κ2) is 24.6. The van der Waals surface area contributed by atoms with Gasteiger partial charge in [0, 0.05) is 31.0 Å². The second-order valence-corrected chi connectivity index (χ2v) is 24.8. The summed E-state index contributed by atoms with van der Waals surface area (Å²) in [5, 5.41) is 10.0. The Kier molecular flexibility index (Phi) is 18.3. The number of amides is 2. The molecule has 79 heavy (non-hydrogen) atoms. The van der Waals surface area contributed by atoms with Gasteiger partial charge in [0.2, 0.25) is 23.6 Å². The van der Waals surface area contributed by atoms with Gasteiger partial charge < -0.3 is 43.3 Å². The van der Waals surface area contributed by atoms with Crippen molar-refractivity contribution in [3.05, 3.63) is 47.8 Å². The summed E-state index contributed by atoms with van der Waals surface area (Å²) in [6.45, 7) is 14.3. The van der Waals surface area contributed by atoms with E-state index in [0.29, 0.717) is 54.2 Å². The Balaban J connectivity index is 0.000000206. The molecular weight excluding hydrogens is 1010 g/mol. The van der Waals surface area contributed by atoms with Gasteiger partial charge in [0.25, 0.3) is 0 Å². The highest BCUT2D eigenvalue weighted by atomic mass is 16.6. The van der Waals surface area contributed by atoms with E-state index in [9.17, 15) is 29.1 Å². The smallest absolute Gasteiger partial charge is 0.326 e. The lowest BCUT2D eigenvalue weighted by Gasteiger charge is -2.34. The van der Waals surface area contributed by atoms with Crippen LogP contribution in [0.4, 0.5) is 0 Å². The molecule has 1 N–H and O–H groups in total. The van der Waals surface area contributed by atoms with E-state index in [1.807, 2.05) is 76.8 Å². The first kappa shape index (κ1) is 58.8. The fourth-order valence-electron chi connectivity index (χ4n) is 11.7. The Morgan fingerprint density at radius 2 is 1.03 bits per heavy atom. The average molecular weight is 1090 g/mol. The lowest BCUT2D eigenvalue weighted by Crippen LogP contribution is -2.47. The molecule has 0 unspecified atom stereocenters. The van der Waals surface area contributed by atoms with Crippen molar-refractivity contribution < 1.29 is 57.5 Å². The number of aromatic nitrogens is 4. The molecule has 2 aromatic heterocycles. The van der Waals surface area contributed by atoms with Crippen LogP contribution in [0.25, 0.3) is 22.1 Å². The summed E-state index contributed by atoms with van der Waals surface area (Å²) in [7, 11) is 3.23. The van der Waals surface area contributed by atoms with Gasteiger partial charge in [-0.3, -0.25) is 19.2 Å². The molecule has 10 rings (SSSR count). The highest BCUT2D eigenvalue weighted by Gasteiger charge is 2.48. The molecule has 2 saturated carbocycles. The number of hydrogen-bond acceptors (Lipinski definition) is 15. The molecule has 0 spiro atoms. The maximum Gasteiger partial charge on any atom is 0.326 e. The van der Waals surface area contributed by atoms with Crippen LogP contribution in [-0.4, -0.2) is 128 Å². The first-order valence-corrected chi connectivity index (χ1v) is 28.4. The van der Waals surface area contributed by atoms with Crippen LogP contribution in [0.15, 0.2) is 36.4 Å². The molecule has 6 heterocycles. The van der Waals surface area contributed by atoms with E-state index in [0.717, 1.165) is 104 Å². The van der Waals surface area contributed by atoms with Crippen LogP contribution in [0.2, 0.25) is 0 Å². The summed E-state index contributed by atoms with van der Waals surface area (Å²) >= 11 is 0. The molecule has 2 amide bonds. The van der Waals surface area contributed by atoms with Gasteiger partial charge in [-0.15, -0.1) is 0 Å². The molecule has 4 aliphatic heterocycles. The van der Waals surface area contributed by atoms with Gasteiger partial charge in [0.1, 0.15) is 53.3 Å². The first-order chi connectivity index (χ1) is 37.1. The van der Waals surface area contributed by atoms with Crippen LogP contribution in [0.1, 0.15) is 157 Å². The Morgan fingerprint density at radius 3 is 1.47 bits per heavy atom. The number of carboxylic acids is 1. The van der Waals surface area contributed by atoms with E-state index in [1.54, 1.807) is 20.3 Å². The number of aryl methyl sites for hydroxylation is 2. The number of carbonyl (C=O) groups is 5. The van der Waals surface area contributed by atoms with Crippen molar-refractivity contribution in [3.8, 4) is 23.3 Å². The van der Waals surface area contributed by atoms with Crippen LogP contribution < -0.4 is 18.9 Å². The summed E-state index contributed by atoms with van der Waals surface area (Å²) in [4.78, 5) is 88.3. The molecule has 2 aromatic carbocycles. The summed E-state index contributed by atoms with van der Waals surface area (Å²) in [5.74, 6) is -0.203. The number of ether oxygens (including phenoxy) is 6. The molecule has 18 nitrogen and oxygen atoms in total. The summed E-state index contributed by atoms with van der Waals surface area (Å²) < 4.78 is 35.1.